The lowest BCUT2D eigenvalue weighted by atomic mass is 9.82. The number of aliphatic carboxylic acids is 1. The van der Waals surface area contributed by atoms with Gasteiger partial charge in [0.05, 0.1) is 11.8 Å². The number of carbonyl (C=O) groups excluding carboxylic acids is 1. The second-order valence-electron chi connectivity index (χ2n) is 7.42. The Morgan fingerprint density at radius 1 is 1.05 bits per heavy atom. The summed E-state index contributed by atoms with van der Waals surface area (Å²) in [4.78, 5) is 24.0. The van der Waals surface area contributed by atoms with Gasteiger partial charge in [-0.15, -0.1) is 0 Å². The van der Waals surface area contributed by atoms with Crippen LogP contribution in [-0.4, -0.2) is 23.5 Å². The van der Waals surface area contributed by atoms with Gasteiger partial charge in [0.2, 0.25) is 5.91 Å². The minimum atomic E-state index is -0.812. The zero-order chi connectivity index (χ0) is 14.6. The van der Waals surface area contributed by atoms with Crippen molar-refractivity contribution in [1.82, 2.24) is 5.32 Å². The number of nitrogens with one attached hydrogen (secondary N) is 1. The molecule has 4 heteroatoms. The van der Waals surface area contributed by atoms with Crippen molar-refractivity contribution in [1.29, 1.82) is 0 Å². The fraction of sp³-hybridized carbons (Fsp3) is 0.765. The number of hydrogen-bond acceptors (Lipinski definition) is 2. The van der Waals surface area contributed by atoms with Gasteiger partial charge in [-0.1, -0.05) is 12.2 Å². The summed E-state index contributed by atoms with van der Waals surface area (Å²) >= 11 is 0. The Balaban J connectivity index is 1.40. The molecule has 4 rings (SSSR count). The highest BCUT2D eigenvalue weighted by Gasteiger charge is 2.52. The maximum absolute atomic E-state index is 12.5. The molecule has 1 amide bonds. The third-order valence-electron chi connectivity index (χ3n) is 6.01. The molecule has 2 unspecified atom stereocenters. The van der Waals surface area contributed by atoms with Gasteiger partial charge in [-0.25, -0.2) is 0 Å². The molecular formula is C17H23NO3. The third-order valence-corrected chi connectivity index (χ3v) is 6.01. The van der Waals surface area contributed by atoms with Crippen LogP contribution in [0, 0.1) is 41.4 Å². The van der Waals surface area contributed by atoms with E-state index in [1.165, 1.54) is 25.7 Å². The van der Waals surface area contributed by atoms with E-state index in [0.29, 0.717) is 5.92 Å². The summed E-state index contributed by atoms with van der Waals surface area (Å²) in [7, 11) is 0. The molecule has 0 heterocycles. The van der Waals surface area contributed by atoms with Gasteiger partial charge in [-0.2, -0.15) is 0 Å². The second kappa shape index (κ2) is 4.85. The molecule has 0 spiro atoms. The third kappa shape index (κ3) is 2.39. The predicted octanol–water partition coefficient (Wildman–Crippen LogP) is 2.06. The number of amides is 1. The highest BCUT2D eigenvalue weighted by atomic mass is 16.4. The smallest absolute Gasteiger partial charge is 0.307 e. The Labute approximate surface area is 125 Å². The van der Waals surface area contributed by atoms with Crippen LogP contribution in [0.25, 0.3) is 0 Å². The monoisotopic (exact) mass is 289 g/mol. The van der Waals surface area contributed by atoms with Crippen molar-refractivity contribution >= 4 is 11.9 Å². The van der Waals surface area contributed by atoms with E-state index in [9.17, 15) is 14.7 Å². The summed E-state index contributed by atoms with van der Waals surface area (Å²) in [6.07, 6.45) is 10.1. The zero-order valence-corrected chi connectivity index (χ0v) is 12.2. The van der Waals surface area contributed by atoms with Crippen LogP contribution < -0.4 is 5.32 Å². The first-order valence-corrected chi connectivity index (χ1v) is 8.34. The van der Waals surface area contributed by atoms with Gasteiger partial charge < -0.3 is 10.4 Å². The molecule has 0 saturated heterocycles. The molecule has 0 radical (unpaired) electrons. The number of allylic oxidation sites excluding steroid dienone is 2. The first-order valence-electron chi connectivity index (χ1n) is 8.34. The molecule has 3 saturated carbocycles. The Morgan fingerprint density at radius 2 is 1.62 bits per heavy atom. The molecule has 0 aromatic heterocycles. The van der Waals surface area contributed by atoms with Crippen molar-refractivity contribution in [3.8, 4) is 0 Å². The van der Waals surface area contributed by atoms with Gasteiger partial charge in [0.15, 0.2) is 0 Å². The number of fused-ring (bicyclic) bond motifs is 2. The molecule has 2 N–H and O–H groups in total. The summed E-state index contributed by atoms with van der Waals surface area (Å²) in [6, 6.07) is 0. The summed E-state index contributed by atoms with van der Waals surface area (Å²) in [5, 5.41) is 12.5. The van der Waals surface area contributed by atoms with Crippen LogP contribution in [0.2, 0.25) is 0 Å². The van der Waals surface area contributed by atoms with E-state index in [4.69, 9.17) is 0 Å². The van der Waals surface area contributed by atoms with E-state index >= 15 is 0 Å². The highest BCUT2D eigenvalue weighted by Crippen LogP contribution is 2.50. The van der Waals surface area contributed by atoms with Crippen molar-refractivity contribution in [2.75, 3.05) is 6.54 Å². The minimum Gasteiger partial charge on any atom is -0.481 e. The van der Waals surface area contributed by atoms with E-state index in [1.807, 2.05) is 12.2 Å². The lowest BCUT2D eigenvalue weighted by molar-refractivity contribution is -0.147. The van der Waals surface area contributed by atoms with Crippen LogP contribution in [0.5, 0.6) is 0 Å². The van der Waals surface area contributed by atoms with Crippen LogP contribution in [-0.2, 0) is 9.59 Å². The maximum Gasteiger partial charge on any atom is 0.307 e. The number of carboxylic acid groups (broad SMARTS) is 1. The normalized spacial score (nSPS) is 37.2. The number of carboxylic acids is 1. The topological polar surface area (TPSA) is 66.4 Å². The zero-order valence-electron chi connectivity index (χ0n) is 12.2. The molecular weight excluding hydrogens is 266 g/mol. The maximum atomic E-state index is 12.5. The van der Waals surface area contributed by atoms with Gasteiger partial charge in [-0.3, -0.25) is 9.59 Å². The van der Waals surface area contributed by atoms with Gasteiger partial charge in [-0.05, 0) is 61.7 Å². The van der Waals surface area contributed by atoms with Gasteiger partial charge >= 0.3 is 5.97 Å². The fourth-order valence-electron chi connectivity index (χ4n) is 4.62. The van der Waals surface area contributed by atoms with Gasteiger partial charge in [0.25, 0.3) is 0 Å². The van der Waals surface area contributed by atoms with Crippen LogP contribution >= 0.6 is 0 Å². The Bertz CT molecular complexity index is 480. The van der Waals surface area contributed by atoms with Crippen molar-refractivity contribution < 1.29 is 14.7 Å². The molecule has 2 bridgehead atoms. The minimum absolute atomic E-state index is 0.0226. The van der Waals surface area contributed by atoms with Crippen molar-refractivity contribution in [2.24, 2.45) is 41.4 Å². The van der Waals surface area contributed by atoms with Crippen LogP contribution in [0.3, 0.4) is 0 Å². The standard InChI is InChI=1S/C17H23NO3/c19-16(18-8-13(9-1-2-9)10-3-4-10)14-11-5-6-12(7-11)15(14)17(20)21/h5-6,9-15H,1-4,7-8H2,(H,18,19)(H,20,21)/t11?,12?,14-,15+/m0/s1. The highest BCUT2D eigenvalue weighted by molar-refractivity contribution is 5.86. The number of rotatable bonds is 6. The molecule has 0 aliphatic heterocycles. The Kier molecular flexibility index (Phi) is 3.09. The average molecular weight is 289 g/mol. The Morgan fingerprint density at radius 3 is 2.14 bits per heavy atom. The molecule has 4 nitrogen and oxygen atoms in total. The largest absolute Gasteiger partial charge is 0.481 e. The Hall–Kier alpha value is -1.32. The van der Waals surface area contributed by atoms with E-state index in [0.717, 1.165) is 24.8 Å². The summed E-state index contributed by atoms with van der Waals surface area (Å²) in [5.74, 6) is 0.769. The first kappa shape index (κ1) is 13.4. The molecule has 4 atom stereocenters. The van der Waals surface area contributed by atoms with Gasteiger partial charge in [0.1, 0.15) is 0 Å². The molecule has 0 aromatic rings. The quantitative estimate of drug-likeness (QED) is 0.736. The first-order chi connectivity index (χ1) is 10.1. The van der Waals surface area contributed by atoms with Crippen molar-refractivity contribution in [2.45, 2.75) is 32.1 Å². The van der Waals surface area contributed by atoms with Crippen LogP contribution in [0.1, 0.15) is 32.1 Å². The second-order valence-corrected chi connectivity index (χ2v) is 7.42. The van der Waals surface area contributed by atoms with Crippen LogP contribution in [0.15, 0.2) is 12.2 Å². The van der Waals surface area contributed by atoms with E-state index in [-0.39, 0.29) is 23.7 Å². The summed E-state index contributed by atoms with van der Waals surface area (Å²) in [5.41, 5.74) is 0. The summed E-state index contributed by atoms with van der Waals surface area (Å²) in [6.45, 7) is 0.762. The molecule has 0 aromatic carbocycles. The van der Waals surface area contributed by atoms with Crippen LogP contribution in [0.4, 0.5) is 0 Å². The predicted molar refractivity (Wildman–Crippen MR) is 77.3 cm³/mol. The average Bonchev–Trinajstić information content (AvgIpc) is 3.38. The van der Waals surface area contributed by atoms with E-state index in [1.54, 1.807) is 0 Å². The number of carbonyl (C=O) groups is 2. The lowest BCUT2D eigenvalue weighted by Crippen LogP contribution is -2.42. The summed E-state index contributed by atoms with van der Waals surface area (Å²) < 4.78 is 0. The number of hydrogen-bond donors (Lipinski definition) is 2. The fourth-order valence-corrected chi connectivity index (χ4v) is 4.62. The SMILES string of the molecule is O=C(O)[C@@H]1C2C=CC(C2)[C@@H]1C(=O)NCC(C1CC1)C1CC1. The van der Waals surface area contributed by atoms with E-state index in [2.05, 4.69) is 5.32 Å². The van der Waals surface area contributed by atoms with Crippen molar-refractivity contribution in [3.05, 3.63) is 12.2 Å². The molecule has 4 aliphatic rings. The molecule has 21 heavy (non-hydrogen) atoms. The van der Waals surface area contributed by atoms with E-state index < -0.39 is 11.9 Å². The molecule has 3 fully saturated rings. The molecule has 4 aliphatic carbocycles. The van der Waals surface area contributed by atoms with Gasteiger partial charge in [0, 0.05) is 6.54 Å². The molecule has 114 valence electrons. The van der Waals surface area contributed by atoms with Crippen molar-refractivity contribution in [3.63, 3.8) is 0 Å². The lowest BCUT2D eigenvalue weighted by Gasteiger charge is -2.25.